The number of hydrogen-bond acceptors (Lipinski definition) is 3. The van der Waals surface area contributed by atoms with Gasteiger partial charge < -0.3 is 10.6 Å². The summed E-state index contributed by atoms with van der Waals surface area (Å²) < 4.78 is 0. The van der Waals surface area contributed by atoms with Gasteiger partial charge in [0.25, 0.3) is 5.91 Å². The first-order chi connectivity index (χ1) is 7.63. The predicted octanol–water partition coefficient (Wildman–Crippen LogP) is 1.80. The smallest absolute Gasteiger partial charge is 0.270 e. The molecule has 2 rings (SSSR count). The van der Waals surface area contributed by atoms with Gasteiger partial charge in [0.2, 0.25) is 0 Å². The van der Waals surface area contributed by atoms with E-state index in [1.807, 2.05) is 13.0 Å². The number of pyridine rings is 1. The van der Waals surface area contributed by atoms with Crippen LogP contribution in [-0.2, 0) is 0 Å². The van der Waals surface area contributed by atoms with E-state index >= 15 is 0 Å². The molecule has 1 aliphatic rings. The van der Waals surface area contributed by atoms with Crippen LogP contribution in [0, 0.1) is 0 Å². The molecular formula is C12H17N3O. The van der Waals surface area contributed by atoms with Crippen LogP contribution < -0.4 is 10.6 Å². The van der Waals surface area contributed by atoms with E-state index in [1.165, 1.54) is 0 Å². The second kappa shape index (κ2) is 4.12. The Labute approximate surface area is 95.5 Å². The maximum absolute atomic E-state index is 11.8. The van der Waals surface area contributed by atoms with Crippen LogP contribution in [0.2, 0.25) is 0 Å². The number of amides is 1. The monoisotopic (exact) mass is 219 g/mol. The highest BCUT2D eigenvalue weighted by Gasteiger charge is 2.38. The van der Waals surface area contributed by atoms with Gasteiger partial charge in [0.1, 0.15) is 5.69 Å². The van der Waals surface area contributed by atoms with Crippen molar-refractivity contribution in [3.63, 3.8) is 0 Å². The number of rotatable bonds is 4. The summed E-state index contributed by atoms with van der Waals surface area (Å²) in [6, 6.07) is 3.62. The summed E-state index contributed by atoms with van der Waals surface area (Å²) in [5.41, 5.74) is 1.44. The van der Waals surface area contributed by atoms with Gasteiger partial charge in [0.05, 0.1) is 11.9 Å². The van der Waals surface area contributed by atoms with Crippen molar-refractivity contribution < 1.29 is 4.79 Å². The summed E-state index contributed by atoms with van der Waals surface area (Å²) in [6.45, 7) is 4.93. The Hall–Kier alpha value is -1.58. The predicted molar refractivity (Wildman–Crippen MR) is 63.5 cm³/mol. The van der Waals surface area contributed by atoms with E-state index in [0.717, 1.165) is 25.1 Å². The molecule has 2 N–H and O–H groups in total. The van der Waals surface area contributed by atoms with Crippen LogP contribution in [0.4, 0.5) is 5.69 Å². The molecule has 0 aliphatic heterocycles. The van der Waals surface area contributed by atoms with Gasteiger partial charge in [0, 0.05) is 12.1 Å². The molecule has 1 saturated carbocycles. The standard InChI is InChI=1S/C12H17N3O/c1-3-13-9-4-5-10(14-8-9)11(16)15-12(2)6-7-12/h4-5,8,13H,3,6-7H2,1-2H3,(H,15,16). The zero-order valence-corrected chi connectivity index (χ0v) is 9.71. The fourth-order valence-corrected chi connectivity index (χ4v) is 1.49. The normalized spacial score (nSPS) is 16.6. The molecule has 0 bridgehead atoms. The van der Waals surface area contributed by atoms with Crippen LogP contribution in [0.1, 0.15) is 37.2 Å². The van der Waals surface area contributed by atoms with E-state index in [0.29, 0.717) is 5.69 Å². The van der Waals surface area contributed by atoms with E-state index in [2.05, 4.69) is 22.5 Å². The van der Waals surface area contributed by atoms with E-state index in [1.54, 1.807) is 12.3 Å². The highest BCUT2D eigenvalue weighted by molar-refractivity contribution is 5.93. The van der Waals surface area contributed by atoms with Crippen molar-refractivity contribution in [2.75, 3.05) is 11.9 Å². The average Bonchev–Trinajstić information content (AvgIpc) is 2.97. The van der Waals surface area contributed by atoms with Crippen LogP contribution >= 0.6 is 0 Å². The molecule has 4 nitrogen and oxygen atoms in total. The minimum absolute atomic E-state index is 0.0130. The van der Waals surface area contributed by atoms with Gasteiger partial charge in [-0.05, 0) is 38.8 Å². The highest BCUT2D eigenvalue weighted by atomic mass is 16.2. The SMILES string of the molecule is CCNc1ccc(C(=O)NC2(C)CC2)nc1. The number of hydrogen-bond donors (Lipinski definition) is 2. The topological polar surface area (TPSA) is 54.0 Å². The minimum Gasteiger partial charge on any atom is -0.384 e. The summed E-state index contributed by atoms with van der Waals surface area (Å²) in [5, 5.41) is 6.12. The first-order valence-electron chi connectivity index (χ1n) is 5.65. The molecule has 1 heterocycles. The van der Waals surface area contributed by atoms with Gasteiger partial charge in [-0.3, -0.25) is 4.79 Å². The first-order valence-corrected chi connectivity index (χ1v) is 5.65. The lowest BCUT2D eigenvalue weighted by atomic mass is 10.2. The lowest BCUT2D eigenvalue weighted by molar-refractivity contribution is 0.0930. The summed E-state index contributed by atoms with van der Waals surface area (Å²) in [4.78, 5) is 15.9. The Morgan fingerprint density at radius 1 is 1.50 bits per heavy atom. The molecule has 0 aromatic carbocycles. The Balaban J connectivity index is 2.00. The zero-order valence-electron chi connectivity index (χ0n) is 9.71. The van der Waals surface area contributed by atoms with Crippen molar-refractivity contribution in [2.24, 2.45) is 0 Å². The number of carbonyl (C=O) groups excluding carboxylic acids is 1. The van der Waals surface area contributed by atoms with Crippen molar-refractivity contribution >= 4 is 11.6 Å². The van der Waals surface area contributed by atoms with Crippen molar-refractivity contribution in [3.8, 4) is 0 Å². The Morgan fingerprint density at radius 3 is 2.75 bits per heavy atom. The molecule has 0 unspecified atom stereocenters. The number of aromatic nitrogens is 1. The van der Waals surface area contributed by atoms with Crippen LogP contribution in [0.3, 0.4) is 0 Å². The third-order valence-corrected chi connectivity index (χ3v) is 2.79. The summed E-state index contributed by atoms with van der Waals surface area (Å²) in [5.74, 6) is -0.0805. The number of anilines is 1. The molecule has 86 valence electrons. The molecule has 1 amide bonds. The van der Waals surface area contributed by atoms with Gasteiger partial charge in [-0.15, -0.1) is 0 Å². The van der Waals surface area contributed by atoms with Gasteiger partial charge >= 0.3 is 0 Å². The van der Waals surface area contributed by atoms with E-state index in [4.69, 9.17) is 0 Å². The second-order valence-corrected chi connectivity index (χ2v) is 4.48. The Bertz CT molecular complexity index is 382. The van der Waals surface area contributed by atoms with Crippen molar-refractivity contribution in [1.82, 2.24) is 10.3 Å². The quantitative estimate of drug-likeness (QED) is 0.811. The summed E-state index contributed by atoms with van der Waals surface area (Å²) in [6.07, 6.45) is 3.82. The van der Waals surface area contributed by atoms with Gasteiger partial charge in [-0.2, -0.15) is 0 Å². The highest BCUT2D eigenvalue weighted by Crippen LogP contribution is 2.34. The van der Waals surface area contributed by atoms with Gasteiger partial charge in [0.15, 0.2) is 0 Å². The molecule has 1 aromatic heterocycles. The van der Waals surface area contributed by atoms with Gasteiger partial charge in [-0.1, -0.05) is 0 Å². The number of carbonyl (C=O) groups is 1. The Kier molecular flexibility index (Phi) is 2.81. The molecule has 0 saturated heterocycles. The zero-order chi connectivity index (χ0) is 11.6. The summed E-state index contributed by atoms with van der Waals surface area (Å²) in [7, 11) is 0. The van der Waals surface area contributed by atoms with Gasteiger partial charge in [-0.25, -0.2) is 4.98 Å². The molecule has 0 radical (unpaired) electrons. The van der Waals surface area contributed by atoms with E-state index in [-0.39, 0.29) is 11.4 Å². The third kappa shape index (κ3) is 2.51. The van der Waals surface area contributed by atoms with Crippen molar-refractivity contribution in [1.29, 1.82) is 0 Å². The molecule has 1 fully saturated rings. The fourth-order valence-electron chi connectivity index (χ4n) is 1.49. The first kappa shape index (κ1) is 10.9. The number of nitrogens with one attached hydrogen (secondary N) is 2. The lowest BCUT2D eigenvalue weighted by Gasteiger charge is -2.11. The molecule has 0 atom stereocenters. The van der Waals surface area contributed by atoms with Crippen molar-refractivity contribution in [2.45, 2.75) is 32.2 Å². The van der Waals surface area contributed by atoms with E-state index < -0.39 is 0 Å². The molecular weight excluding hydrogens is 202 g/mol. The van der Waals surface area contributed by atoms with E-state index in [9.17, 15) is 4.79 Å². The number of nitrogens with zero attached hydrogens (tertiary/aromatic N) is 1. The fraction of sp³-hybridized carbons (Fsp3) is 0.500. The van der Waals surface area contributed by atoms with Crippen molar-refractivity contribution in [3.05, 3.63) is 24.0 Å². The molecule has 1 aliphatic carbocycles. The minimum atomic E-state index is -0.0805. The average molecular weight is 219 g/mol. The van der Waals surface area contributed by atoms with Crippen LogP contribution in [-0.4, -0.2) is 23.0 Å². The lowest BCUT2D eigenvalue weighted by Crippen LogP contribution is -2.34. The molecule has 16 heavy (non-hydrogen) atoms. The largest absolute Gasteiger partial charge is 0.384 e. The molecule has 0 spiro atoms. The molecule has 4 heteroatoms. The summed E-state index contributed by atoms with van der Waals surface area (Å²) >= 11 is 0. The van der Waals surface area contributed by atoms with Crippen LogP contribution in [0.25, 0.3) is 0 Å². The maximum atomic E-state index is 11.8. The van der Waals surface area contributed by atoms with Crippen LogP contribution in [0.5, 0.6) is 0 Å². The molecule has 1 aromatic rings. The van der Waals surface area contributed by atoms with Crippen LogP contribution in [0.15, 0.2) is 18.3 Å². The second-order valence-electron chi connectivity index (χ2n) is 4.48. The Morgan fingerprint density at radius 2 is 2.25 bits per heavy atom. The third-order valence-electron chi connectivity index (χ3n) is 2.79. The maximum Gasteiger partial charge on any atom is 0.270 e.